The van der Waals surface area contributed by atoms with Gasteiger partial charge in [0.25, 0.3) is 0 Å². The fraction of sp³-hybridized carbons (Fsp3) is 0.581. The highest BCUT2D eigenvalue weighted by molar-refractivity contribution is 9.10. The zero-order valence-corrected chi connectivity index (χ0v) is 26.1. The van der Waals surface area contributed by atoms with E-state index in [1.54, 1.807) is 0 Å². The molecular formula is C31H45BrN4O4. The Morgan fingerprint density at radius 1 is 0.850 bits per heavy atom. The maximum Gasteiger partial charge on any atom is 0.410 e. The lowest BCUT2D eigenvalue weighted by molar-refractivity contribution is 0.0204. The van der Waals surface area contributed by atoms with Gasteiger partial charge in [-0.2, -0.15) is 0 Å². The minimum Gasteiger partial charge on any atom is -0.494 e. The largest absolute Gasteiger partial charge is 0.494 e. The molecule has 4 aliphatic heterocycles. The summed E-state index contributed by atoms with van der Waals surface area (Å²) in [4.78, 5) is 16.1. The molecule has 2 unspecified atom stereocenters. The molecule has 4 bridgehead atoms. The van der Waals surface area contributed by atoms with Crippen LogP contribution in [0, 0.1) is 0 Å². The van der Waals surface area contributed by atoms with E-state index in [0.29, 0.717) is 24.2 Å². The van der Waals surface area contributed by atoms with Gasteiger partial charge in [-0.05, 0) is 96.0 Å². The van der Waals surface area contributed by atoms with Gasteiger partial charge in [-0.15, -0.1) is 0 Å². The average Bonchev–Trinajstić information content (AvgIpc) is 3.73. The highest BCUT2D eigenvalue weighted by atomic mass is 79.9. The van der Waals surface area contributed by atoms with Crippen molar-refractivity contribution in [1.82, 2.24) is 15.5 Å². The van der Waals surface area contributed by atoms with Crippen molar-refractivity contribution in [3.63, 3.8) is 0 Å². The van der Waals surface area contributed by atoms with E-state index in [4.69, 9.17) is 14.2 Å². The summed E-state index contributed by atoms with van der Waals surface area (Å²) in [6.45, 7) is 15.2. The molecular weight excluding hydrogens is 572 g/mol. The Labute approximate surface area is 247 Å². The van der Waals surface area contributed by atoms with Gasteiger partial charge in [0.1, 0.15) is 17.1 Å². The summed E-state index contributed by atoms with van der Waals surface area (Å²) in [5.41, 5.74) is 0.948. The van der Waals surface area contributed by atoms with Crippen molar-refractivity contribution < 1.29 is 19.0 Å². The van der Waals surface area contributed by atoms with Gasteiger partial charge < -0.3 is 34.6 Å². The lowest BCUT2D eigenvalue weighted by Gasteiger charge is -2.30. The van der Waals surface area contributed by atoms with Crippen molar-refractivity contribution in [3.8, 4) is 11.5 Å². The quantitative estimate of drug-likeness (QED) is 0.462. The van der Waals surface area contributed by atoms with Crippen LogP contribution >= 0.6 is 15.9 Å². The van der Waals surface area contributed by atoms with Crippen LogP contribution in [-0.2, 0) is 4.74 Å². The van der Waals surface area contributed by atoms with E-state index in [1.165, 1.54) is 12.1 Å². The smallest absolute Gasteiger partial charge is 0.410 e. The molecule has 4 heterocycles. The molecule has 1 amide bonds. The second kappa shape index (κ2) is 13.9. The van der Waals surface area contributed by atoms with E-state index in [1.807, 2.05) is 63.8 Å². The Kier molecular flexibility index (Phi) is 10.6. The van der Waals surface area contributed by atoms with Gasteiger partial charge in [0.2, 0.25) is 0 Å². The Hall–Kier alpha value is -2.49. The van der Waals surface area contributed by atoms with Gasteiger partial charge in [0, 0.05) is 60.5 Å². The van der Waals surface area contributed by atoms with E-state index >= 15 is 0 Å². The number of carbonyl (C=O) groups excluding carboxylic acids is 1. The lowest BCUT2D eigenvalue weighted by Crippen LogP contribution is -2.48. The van der Waals surface area contributed by atoms with Crippen LogP contribution < -0.4 is 25.0 Å². The standard InChI is InChI=1S/C13H18N2O.C10H18N2O2.C8H9BrO/c1-2-16-13-5-3-11(4-6-13)15-9-10-7-12(15)8-14-10;1-10(2,3)14-9(13)12-6-7-4-8(12)5-11-7;1-2-10-8-5-3-7(9)4-6-8/h3-6,10,12,14H,2,7-9H2,1H3;7-8,11H,4-6H2,1-3H3;3-6H,2H2,1H3/t10?,12-;7-,8?;/m00./s1. The molecule has 0 aromatic heterocycles. The van der Waals surface area contributed by atoms with Gasteiger partial charge in [-0.25, -0.2) is 4.79 Å². The van der Waals surface area contributed by atoms with E-state index in [9.17, 15) is 4.79 Å². The van der Waals surface area contributed by atoms with Crippen LogP contribution in [0.4, 0.5) is 10.5 Å². The molecule has 0 spiro atoms. The first-order chi connectivity index (χ1) is 19.1. The maximum absolute atomic E-state index is 11.7. The monoisotopic (exact) mass is 616 g/mol. The summed E-state index contributed by atoms with van der Waals surface area (Å²) in [6.07, 6.45) is 2.22. The van der Waals surface area contributed by atoms with Gasteiger partial charge in [0.15, 0.2) is 0 Å². The summed E-state index contributed by atoms with van der Waals surface area (Å²) < 4.78 is 17.1. The fourth-order valence-electron chi connectivity index (χ4n) is 5.58. The van der Waals surface area contributed by atoms with E-state index in [2.05, 4.69) is 55.7 Å². The summed E-state index contributed by atoms with van der Waals surface area (Å²) in [7, 11) is 0. The Morgan fingerprint density at radius 2 is 1.38 bits per heavy atom. The Balaban J connectivity index is 0.000000143. The number of ether oxygens (including phenoxy) is 3. The van der Waals surface area contributed by atoms with Crippen molar-refractivity contribution in [3.05, 3.63) is 53.0 Å². The van der Waals surface area contributed by atoms with Crippen LogP contribution in [0.15, 0.2) is 53.0 Å². The fourth-order valence-corrected chi connectivity index (χ4v) is 5.84. The molecule has 2 N–H and O–H groups in total. The third kappa shape index (κ3) is 8.51. The molecule has 4 fully saturated rings. The summed E-state index contributed by atoms with van der Waals surface area (Å²) in [5.74, 6) is 1.89. The number of hydrogen-bond donors (Lipinski definition) is 2. The molecule has 8 nitrogen and oxygen atoms in total. The van der Waals surface area contributed by atoms with Crippen LogP contribution in [0.2, 0.25) is 0 Å². The summed E-state index contributed by atoms with van der Waals surface area (Å²) in [6, 6.07) is 18.5. The molecule has 0 radical (unpaired) electrons. The Bertz CT molecular complexity index is 1080. The summed E-state index contributed by atoms with van der Waals surface area (Å²) in [5, 5.41) is 6.88. The van der Waals surface area contributed by atoms with Crippen LogP contribution in [0.5, 0.6) is 11.5 Å². The van der Waals surface area contributed by atoms with Crippen LogP contribution in [0.25, 0.3) is 0 Å². The molecule has 4 saturated heterocycles. The molecule has 40 heavy (non-hydrogen) atoms. The lowest BCUT2D eigenvalue weighted by atomic mass is 10.2. The minimum atomic E-state index is -0.383. The number of fused-ring (bicyclic) bond motifs is 4. The predicted molar refractivity (Wildman–Crippen MR) is 164 cm³/mol. The average molecular weight is 618 g/mol. The number of hydrogen-bond acceptors (Lipinski definition) is 7. The van der Waals surface area contributed by atoms with Crippen LogP contribution in [-0.4, -0.2) is 80.2 Å². The van der Waals surface area contributed by atoms with Crippen molar-refractivity contribution in [2.24, 2.45) is 0 Å². The van der Waals surface area contributed by atoms with E-state index < -0.39 is 0 Å². The van der Waals surface area contributed by atoms with Crippen molar-refractivity contribution in [2.75, 3.05) is 44.3 Å². The molecule has 4 aliphatic rings. The number of piperazine rings is 2. The third-order valence-electron chi connectivity index (χ3n) is 7.35. The van der Waals surface area contributed by atoms with Crippen LogP contribution in [0.3, 0.4) is 0 Å². The molecule has 4 atom stereocenters. The normalized spacial score (nSPS) is 24.1. The number of likely N-dealkylation sites (tertiary alicyclic amines) is 1. The first-order valence-electron chi connectivity index (χ1n) is 14.5. The predicted octanol–water partition coefficient (Wildman–Crippen LogP) is 5.45. The van der Waals surface area contributed by atoms with E-state index in [-0.39, 0.29) is 11.7 Å². The topological polar surface area (TPSA) is 75.3 Å². The van der Waals surface area contributed by atoms with Crippen molar-refractivity contribution >= 4 is 27.7 Å². The van der Waals surface area contributed by atoms with Gasteiger partial charge in [-0.1, -0.05) is 15.9 Å². The number of amides is 1. The van der Waals surface area contributed by atoms with E-state index in [0.717, 1.165) is 61.8 Å². The maximum atomic E-state index is 11.7. The molecule has 0 saturated carbocycles. The van der Waals surface area contributed by atoms with Crippen LogP contribution in [0.1, 0.15) is 47.5 Å². The van der Waals surface area contributed by atoms with Gasteiger partial charge in [-0.3, -0.25) is 0 Å². The van der Waals surface area contributed by atoms with Crippen molar-refractivity contribution in [1.29, 1.82) is 0 Å². The number of nitrogens with zero attached hydrogens (tertiary/aromatic N) is 2. The zero-order valence-electron chi connectivity index (χ0n) is 24.5. The minimum absolute atomic E-state index is 0.161. The molecule has 220 valence electrons. The van der Waals surface area contributed by atoms with Gasteiger partial charge >= 0.3 is 6.09 Å². The number of halogens is 1. The molecule has 9 heteroatoms. The van der Waals surface area contributed by atoms with Crippen molar-refractivity contribution in [2.45, 2.75) is 77.2 Å². The number of anilines is 1. The number of nitrogens with one attached hydrogen (secondary N) is 2. The molecule has 2 aromatic carbocycles. The molecule has 6 rings (SSSR count). The Morgan fingerprint density at radius 3 is 1.80 bits per heavy atom. The molecule has 0 aliphatic carbocycles. The number of rotatable bonds is 5. The number of benzene rings is 2. The first-order valence-corrected chi connectivity index (χ1v) is 15.3. The number of carbonyl (C=O) groups is 1. The summed E-state index contributed by atoms with van der Waals surface area (Å²) >= 11 is 3.34. The second-order valence-corrected chi connectivity index (χ2v) is 12.5. The SMILES string of the molecule is CC(C)(C)OC(=O)N1C[C@@H]2CC1CN2.CCOc1ccc(Br)cc1.CCOc1ccc(N2CC3C[C@H]2CN3)cc1. The van der Waals surface area contributed by atoms with Gasteiger partial charge in [0.05, 0.1) is 13.2 Å². The first kappa shape index (κ1) is 30.5. The zero-order chi connectivity index (χ0) is 28.7. The highest BCUT2D eigenvalue weighted by Gasteiger charge is 2.41. The third-order valence-corrected chi connectivity index (χ3v) is 7.87. The second-order valence-electron chi connectivity index (χ2n) is 11.6. The molecule has 2 aromatic rings. The highest BCUT2D eigenvalue weighted by Crippen LogP contribution is 2.30.